The van der Waals surface area contributed by atoms with Gasteiger partial charge in [0.15, 0.2) is 11.7 Å². The van der Waals surface area contributed by atoms with Crippen molar-refractivity contribution < 1.29 is 13.9 Å². The second-order valence-corrected chi connectivity index (χ2v) is 6.04. The zero-order valence-corrected chi connectivity index (χ0v) is 15.2. The van der Waals surface area contributed by atoms with Crippen molar-refractivity contribution in [1.82, 2.24) is 10.6 Å². The van der Waals surface area contributed by atoms with E-state index >= 15 is 0 Å². The highest BCUT2D eigenvalue weighted by atomic mass is 16.5. The van der Waals surface area contributed by atoms with Crippen molar-refractivity contribution in [1.29, 1.82) is 0 Å². The predicted octanol–water partition coefficient (Wildman–Crippen LogP) is 1.90. The van der Waals surface area contributed by atoms with Gasteiger partial charge in [-0.15, -0.1) is 0 Å². The lowest BCUT2D eigenvalue weighted by atomic mass is 10.2. The average molecular weight is 358 g/mol. The predicted molar refractivity (Wildman–Crippen MR) is 101 cm³/mol. The first-order valence-corrected chi connectivity index (χ1v) is 8.53. The third kappa shape index (κ3) is 6.60. The first-order chi connectivity index (χ1) is 12.6. The maximum Gasteiger partial charge on any atom is 0.284 e. The summed E-state index contributed by atoms with van der Waals surface area (Å²) in [6.45, 7) is 4.50. The third-order valence-electron chi connectivity index (χ3n) is 3.69. The van der Waals surface area contributed by atoms with E-state index in [0.29, 0.717) is 37.4 Å². The van der Waals surface area contributed by atoms with Crippen molar-refractivity contribution >= 4 is 11.9 Å². The standard InChI is InChI=1S/C19H26N4O3/c1-14(12-25-13-15-6-4-3-5-7-15)10-22-19(21-2)23-11-16-8-9-17(26-16)18(20)24/h3-9,14H,10-13H2,1-2H3,(H2,20,24)(H2,21,22,23). The summed E-state index contributed by atoms with van der Waals surface area (Å²) in [5.41, 5.74) is 6.33. The summed E-state index contributed by atoms with van der Waals surface area (Å²) in [6.07, 6.45) is 0. The molecule has 1 amide bonds. The number of rotatable bonds is 9. The number of amides is 1. The number of benzene rings is 1. The maximum absolute atomic E-state index is 11.0. The second kappa shape index (κ2) is 10.2. The van der Waals surface area contributed by atoms with Crippen LogP contribution < -0.4 is 16.4 Å². The fraction of sp³-hybridized carbons (Fsp3) is 0.368. The molecule has 0 radical (unpaired) electrons. The van der Waals surface area contributed by atoms with Crippen LogP contribution in [-0.4, -0.2) is 32.1 Å². The molecule has 4 N–H and O–H groups in total. The normalized spacial score (nSPS) is 12.6. The van der Waals surface area contributed by atoms with Gasteiger partial charge in [0.2, 0.25) is 0 Å². The van der Waals surface area contributed by atoms with Gasteiger partial charge in [0.25, 0.3) is 5.91 Å². The van der Waals surface area contributed by atoms with E-state index in [1.807, 2.05) is 30.3 Å². The molecule has 0 aliphatic rings. The lowest BCUT2D eigenvalue weighted by Crippen LogP contribution is -2.39. The average Bonchev–Trinajstić information content (AvgIpc) is 3.12. The monoisotopic (exact) mass is 358 g/mol. The highest BCUT2D eigenvalue weighted by molar-refractivity contribution is 5.89. The Morgan fingerprint density at radius 1 is 1.23 bits per heavy atom. The Labute approximate surface area is 153 Å². The van der Waals surface area contributed by atoms with Gasteiger partial charge >= 0.3 is 0 Å². The van der Waals surface area contributed by atoms with Crippen LogP contribution in [0.15, 0.2) is 51.9 Å². The van der Waals surface area contributed by atoms with Gasteiger partial charge in [-0.25, -0.2) is 0 Å². The highest BCUT2D eigenvalue weighted by Crippen LogP contribution is 2.06. The van der Waals surface area contributed by atoms with Gasteiger partial charge in [0, 0.05) is 13.6 Å². The fourth-order valence-corrected chi connectivity index (χ4v) is 2.28. The van der Waals surface area contributed by atoms with E-state index in [0.717, 1.165) is 6.54 Å². The van der Waals surface area contributed by atoms with Crippen LogP contribution in [0, 0.1) is 5.92 Å². The Morgan fingerprint density at radius 3 is 2.65 bits per heavy atom. The molecular formula is C19H26N4O3. The van der Waals surface area contributed by atoms with Crippen LogP contribution in [0.5, 0.6) is 0 Å². The summed E-state index contributed by atoms with van der Waals surface area (Å²) in [5, 5.41) is 6.37. The number of furan rings is 1. The summed E-state index contributed by atoms with van der Waals surface area (Å²) in [5.74, 6) is 1.15. The van der Waals surface area contributed by atoms with Crippen molar-refractivity contribution in [2.45, 2.75) is 20.1 Å². The zero-order valence-electron chi connectivity index (χ0n) is 15.2. The van der Waals surface area contributed by atoms with Gasteiger partial charge in [0.05, 0.1) is 19.8 Å². The number of hydrogen-bond donors (Lipinski definition) is 3. The minimum atomic E-state index is -0.580. The Bertz CT molecular complexity index is 713. The summed E-state index contributed by atoms with van der Waals surface area (Å²) in [7, 11) is 1.70. The van der Waals surface area contributed by atoms with E-state index < -0.39 is 5.91 Å². The molecular weight excluding hydrogens is 332 g/mol. The van der Waals surface area contributed by atoms with Gasteiger partial charge in [-0.1, -0.05) is 37.3 Å². The van der Waals surface area contributed by atoms with Crippen molar-refractivity contribution in [3.05, 3.63) is 59.5 Å². The fourth-order valence-electron chi connectivity index (χ4n) is 2.28. The van der Waals surface area contributed by atoms with Crippen LogP contribution in [0.2, 0.25) is 0 Å². The maximum atomic E-state index is 11.0. The quantitative estimate of drug-likeness (QED) is 0.469. The van der Waals surface area contributed by atoms with E-state index in [1.54, 1.807) is 19.2 Å². The van der Waals surface area contributed by atoms with E-state index in [2.05, 4.69) is 22.5 Å². The number of ether oxygens (including phenoxy) is 1. The molecule has 1 unspecified atom stereocenters. The Morgan fingerprint density at radius 2 is 2.00 bits per heavy atom. The van der Waals surface area contributed by atoms with Gasteiger partial charge in [-0.05, 0) is 23.6 Å². The van der Waals surface area contributed by atoms with Crippen LogP contribution in [-0.2, 0) is 17.9 Å². The number of aliphatic imine (C=N–C) groups is 1. The summed E-state index contributed by atoms with van der Waals surface area (Å²) in [4.78, 5) is 15.2. The van der Waals surface area contributed by atoms with E-state index in [1.165, 1.54) is 5.56 Å². The molecule has 1 aromatic heterocycles. The molecule has 7 nitrogen and oxygen atoms in total. The van der Waals surface area contributed by atoms with Crippen LogP contribution in [0.4, 0.5) is 0 Å². The van der Waals surface area contributed by atoms with E-state index in [-0.39, 0.29) is 5.76 Å². The van der Waals surface area contributed by atoms with E-state index in [9.17, 15) is 4.79 Å². The summed E-state index contributed by atoms with van der Waals surface area (Å²) < 4.78 is 11.1. The molecule has 1 atom stereocenters. The SMILES string of the molecule is CN=C(NCc1ccc(C(N)=O)o1)NCC(C)COCc1ccccc1. The molecule has 0 spiro atoms. The lowest BCUT2D eigenvalue weighted by Gasteiger charge is -2.16. The topological polar surface area (TPSA) is 102 Å². The number of nitrogens with one attached hydrogen (secondary N) is 2. The molecule has 0 bridgehead atoms. The van der Waals surface area contributed by atoms with Crippen LogP contribution in [0.3, 0.4) is 0 Å². The molecule has 0 aliphatic heterocycles. The molecule has 0 fully saturated rings. The number of nitrogens with two attached hydrogens (primary N) is 1. The molecule has 0 saturated carbocycles. The van der Waals surface area contributed by atoms with Gasteiger partial charge < -0.3 is 25.5 Å². The molecule has 2 rings (SSSR count). The number of nitrogens with zero attached hydrogens (tertiary/aromatic N) is 1. The third-order valence-corrected chi connectivity index (χ3v) is 3.69. The van der Waals surface area contributed by atoms with Crippen molar-refractivity contribution in [2.75, 3.05) is 20.2 Å². The molecule has 1 heterocycles. The Hall–Kier alpha value is -2.80. The zero-order chi connectivity index (χ0) is 18.8. The Kier molecular flexibility index (Phi) is 7.70. The molecule has 0 aliphatic carbocycles. The van der Waals surface area contributed by atoms with Crippen LogP contribution in [0.1, 0.15) is 28.8 Å². The molecule has 26 heavy (non-hydrogen) atoms. The summed E-state index contributed by atoms with van der Waals surface area (Å²) in [6, 6.07) is 13.4. The minimum Gasteiger partial charge on any atom is -0.454 e. The molecule has 140 valence electrons. The van der Waals surface area contributed by atoms with Crippen molar-refractivity contribution in [3.63, 3.8) is 0 Å². The van der Waals surface area contributed by atoms with Crippen molar-refractivity contribution in [3.8, 4) is 0 Å². The number of carbonyl (C=O) groups is 1. The molecule has 7 heteroatoms. The number of guanidine groups is 1. The molecule has 2 aromatic rings. The van der Waals surface area contributed by atoms with Gasteiger partial charge in [0.1, 0.15) is 5.76 Å². The molecule has 0 saturated heterocycles. The minimum absolute atomic E-state index is 0.147. The second-order valence-electron chi connectivity index (χ2n) is 6.04. The van der Waals surface area contributed by atoms with Crippen molar-refractivity contribution in [2.24, 2.45) is 16.6 Å². The smallest absolute Gasteiger partial charge is 0.284 e. The van der Waals surface area contributed by atoms with E-state index in [4.69, 9.17) is 14.9 Å². The van der Waals surface area contributed by atoms with Gasteiger partial charge in [-0.2, -0.15) is 0 Å². The largest absolute Gasteiger partial charge is 0.454 e. The lowest BCUT2D eigenvalue weighted by molar-refractivity contribution is 0.0931. The number of carbonyl (C=O) groups excluding carboxylic acids is 1. The first-order valence-electron chi connectivity index (χ1n) is 8.53. The number of primary amides is 1. The summed E-state index contributed by atoms with van der Waals surface area (Å²) >= 11 is 0. The Balaban J connectivity index is 1.66. The highest BCUT2D eigenvalue weighted by Gasteiger charge is 2.08. The first kappa shape index (κ1) is 19.5. The molecule has 1 aromatic carbocycles. The van der Waals surface area contributed by atoms with Crippen LogP contribution >= 0.6 is 0 Å². The van der Waals surface area contributed by atoms with Gasteiger partial charge in [-0.3, -0.25) is 9.79 Å². The van der Waals surface area contributed by atoms with Crippen LogP contribution in [0.25, 0.3) is 0 Å². The number of hydrogen-bond acceptors (Lipinski definition) is 4.